The number of carbonyl (C=O) groups is 1. The second-order valence-corrected chi connectivity index (χ2v) is 10.3. The number of hydrogen-bond acceptors (Lipinski definition) is 3. The lowest BCUT2D eigenvalue weighted by Gasteiger charge is -2.26. The third kappa shape index (κ3) is 5.01. The molecule has 3 aromatic carbocycles. The topological polar surface area (TPSA) is 70.2 Å². The van der Waals surface area contributed by atoms with Crippen molar-refractivity contribution in [2.24, 2.45) is 0 Å². The molecule has 170 valence electrons. The summed E-state index contributed by atoms with van der Waals surface area (Å²) in [6.45, 7) is 4.52. The highest BCUT2D eigenvalue weighted by molar-refractivity contribution is 7.90. The largest absolute Gasteiger partial charge is 0.361 e. The lowest BCUT2D eigenvalue weighted by atomic mass is 9.99. The molecule has 6 heteroatoms. The van der Waals surface area contributed by atoms with Crippen LogP contribution in [-0.2, 0) is 20.4 Å². The predicted octanol–water partition coefficient (Wildman–Crippen LogP) is 5.69. The van der Waals surface area contributed by atoms with Crippen LogP contribution in [0, 0.1) is 0 Å². The summed E-state index contributed by atoms with van der Waals surface area (Å²) in [4.78, 5) is 18.7. The molecule has 0 saturated carbocycles. The number of hydrogen-bond donors (Lipinski definition) is 1. The first kappa shape index (κ1) is 22.8. The van der Waals surface area contributed by atoms with Crippen molar-refractivity contribution in [1.82, 2.24) is 4.98 Å². The zero-order valence-electron chi connectivity index (χ0n) is 18.9. The van der Waals surface area contributed by atoms with Crippen LogP contribution >= 0.6 is 0 Å². The molecule has 1 amide bonds. The molecule has 0 saturated heterocycles. The molecule has 0 aliphatic heterocycles. The van der Waals surface area contributed by atoms with Gasteiger partial charge in [0.25, 0.3) is 0 Å². The van der Waals surface area contributed by atoms with Gasteiger partial charge in [0.2, 0.25) is 5.91 Å². The fourth-order valence-electron chi connectivity index (χ4n) is 4.01. The highest BCUT2D eigenvalue weighted by Gasteiger charge is 2.24. The first-order valence-corrected chi connectivity index (χ1v) is 12.8. The Balaban J connectivity index is 1.54. The molecule has 1 unspecified atom stereocenters. The number of benzene rings is 3. The van der Waals surface area contributed by atoms with Gasteiger partial charge in [0.05, 0.1) is 16.6 Å². The Morgan fingerprint density at radius 3 is 2.39 bits per heavy atom. The van der Waals surface area contributed by atoms with Crippen molar-refractivity contribution in [2.45, 2.75) is 36.8 Å². The molecule has 0 aliphatic carbocycles. The Labute approximate surface area is 195 Å². The highest BCUT2D eigenvalue weighted by Crippen LogP contribution is 2.27. The molecule has 4 rings (SSSR count). The first-order chi connectivity index (χ1) is 15.9. The maximum atomic E-state index is 13.4. The monoisotopic (exact) mass is 460 g/mol. The smallest absolute Gasteiger partial charge is 0.234 e. The van der Waals surface area contributed by atoms with E-state index in [9.17, 15) is 13.2 Å². The quantitative estimate of drug-likeness (QED) is 0.367. The minimum absolute atomic E-state index is 0.0114. The van der Waals surface area contributed by atoms with Gasteiger partial charge in [0.15, 0.2) is 9.84 Å². The summed E-state index contributed by atoms with van der Waals surface area (Å²) in [5.74, 6) is -0.461. The van der Waals surface area contributed by atoms with E-state index in [-0.39, 0.29) is 16.6 Å². The molecule has 0 bridgehead atoms. The molecule has 0 aliphatic rings. The van der Waals surface area contributed by atoms with Gasteiger partial charge in [-0.3, -0.25) is 4.79 Å². The summed E-state index contributed by atoms with van der Waals surface area (Å²) in [5, 5.41) is 1.10. The van der Waals surface area contributed by atoms with E-state index in [1.165, 1.54) is 0 Å². The van der Waals surface area contributed by atoms with Gasteiger partial charge in [-0.15, -0.1) is 0 Å². The molecule has 0 fully saturated rings. The van der Waals surface area contributed by atoms with Crippen LogP contribution in [0.1, 0.15) is 37.3 Å². The second kappa shape index (κ2) is 9.63. The van der Waals surface area contributed by atoms with Gasteiger partial charge in [-0.2, -0.15) is 0 Å². The summed E-state index contributed by atoms with van der Waals surface area (Å²) < 4.78 is 25.6. The molecule has 4 aromatic rings. The molecule has 0 spiro atoms. The Morgan fingerprint density at radius 2 is 1.70 bits per heavy atom. The van der Waals surface area contributed by atoms with Gasteiger partial charge >= 0.3 is 0 Å². The summed E-state index contributed by atoms with van der Waals surface area (Å²) in [6.07, 6.45) is 2.72. The Bertz CT molecular complexity index is 1340. The van der Waals surface area contributed by atoms with Crippen molar-refractivity contribution < 1.29 is 13.2 Å². The molecule has 5 nitrogen and oxygen atoms in total. The molecular weight excluding hydrogens is 432 g/mol. The van der Waals surface area contributed by atoms with E-state index >= 15 is 0 Å². The summed E-state index contributed by atoms with van der Waals surface area (Å²) in [5.41, 5.74) is 3.38. The number of sulfone groups is 1. The third-order valence-electron chi connectivity index (χ3n) is 5.87. The lowest BCUT2D eigenvalue weighted by Crippen LogP contribution is -2.35. The van der Waals surface area contributed by atoms with E-state index in [1.54, 1.807) is 36.4 Å². The highest BCUT2D eigenvalue weighted by atomic mass is 32.2. The van der Waals surface area contributed by atoms with Crippen molar-refractivity contribution in [2.75, 3.05) is 11.4 Å². The third-order valence-corrected chi connectivity index (χ3v) is 7.58. The van der Waals surface area contributed by atoms with Crippen LogP contribution in [0.5, 0.6) is 0 Å². The van der Waals surface area contributed by atoms with Crippen LogP contribution in [0.25, 0.3) is 10.9 Å². The van der Waals surface area contributed by atoms with Crippen molar-refractivity contribution >= 4 is 32.3 Å². The van der Waals surface area contributed by atoms with Crippen LogP contribution in [-0.4, -0.2) is 25.9 Å². The summed E-state index contributed by atoms with van der Waals surface area (Å²) >= 11 is 0. The average Bonchev–Trinajstić information content (AvgIpc) is 3.30. The maximum absolute atomic E-state index is 13.4. The summed E-state index contributed by atoms with van der Waals surface area (Å²) in [7, 11) is -3.46. The number of amides is 1. The average molecular weight is 461 g/mol. The number of aromatic nitrogens is 1. The van der Waals surface area contributed by atoms with E-state index < -0.39 is 15.8 Å². The zero-order valence-corrected chi connectivity index (χ0v) is 19.7. The molecule has 1 N–H and O–H groups in total. The number of nitrogens with zero attached hydrogens (tertiary/aromatic N) is 1. The lowest BCUT2D eigenvalue weighted by molar-refractivity contribution is -0.119. The van der Waals surface area contributed by atoms with Crippen molar-refractivity contribution in [3.63, 3.8) is 0 Å². The number of nitrogens with one attached hydrogen (secondary N) is 1. The van der Waals surface area contributed by atoms with Crippen LogP contribution in [0.15, 0.2) is 90.0 Å². The van der Waals surface area contributed by atoms with Crippen LogP contribution in [0.4, 0.5) is 5.69 Å². The van der Waals surface area contributed by atoms with Crippen LogP contribution < -0.4 is 4.90 Å². The minimum atomic E-state index is -3.46. The number of aromatic amines is 1. The number of fused-ring (bicyclic) bond motifs is 1. The molecule has 1 aromatic heterocycles. The van der Waals surface area contributed by atoms with E-state index in [2.05, 4.69) is 4.98 Å². The molecule has 33 heavy (non-hydrogen) atoms. The van der Waals surface area contributed by atoms with Crippen LogP contribution in [0.3, 0.4) is 0 Å². The van der Waals surface area contributed by atoms with Crippen molar-refractivity contribution in [3.8, 4) is 0 Å². The Morgan fingerprint density at radius 1 is 0.970 bits per heavy atom. The van der Waals surface area contributed by atoms with Gasteiger partial charge in [-0.1, -0.05) is 55.5 Å². The Hall–Kier alpha value is -3.38. The molecule has 1 atom stereocenters. The summed E-state index contributed by atoms with van der Waals surface area (Å²) in [6, 6.07) is 23.8. The second-order valence-electron chi connectivity index (χ2n) is 8.27. The fourth-order valence-corrected chi connectivity index (χ4v) is 5.36. The number of rotatable bonds is 8. The van der Waals surface area contributed by atoms with Gasteiger partial charge < -0.3 is 9.88 Å². The first-order valence-electron chi connectivity index (χ1n) is 11.1. The molecule has 1 heterocycles. The Kier molecular flexibility index (Phi) is 6.65. The standard InChI is InChI=1S/C27H28N2O3S/c1-3-17-29(24-12-9-23-15-16-28-26(23)18-24)27(30)20(2)22-10-13-25(14-11-22)33(31,32)19-21-7-5-4-6-8-21/h4-16,18,20,28H,3,17,19H2,1-2H3. The van der Waals surface area contributed by atoms with E-state index in [1.807, 2.05) is 67.4 Å². The number of anilines is 1. The van der Waals surface area contributed by atoms with Crippen molar-refractivity contribution in [3.05, 3.63) is 96.2 Å². The normalized spacial score (nSPS) is 12.5. The SMILES string of the molecule is CCCN(C(=O)C(C)c1ccc(S(=O)(=O)Cc2ccccc2)cc1)c1ccc2cc[nH]c2c1. The maximum Gasteiger partial charge on any atom is 0.234 e. The minimum Gasteiger partial charge on any atom is -0.361 e. The van der Waals surface area contributed by atoms with Gasteiger partial charge in [-0.05, 0) is 60.2 Å². The van der Waals surface area contributed by atoms with Crippen LogP contribution in [0.2, 0.25) is 0 Å². The van der Waals surface area contributed by atoms with E-state index in [4.69, 9.17) is 0 Å². The predicted molar refractivity (Wildman–Crippen MR) is 133 cm³/mol. The van der Waals surface area contributed by atoms with E-state index in [0.29, 0.717) is 6.54 Å². The zero-order chi connectivity index (χ0) is 23.4. The molecule has 0 radical (unpaired) electrons. The van der Waals surface area contributed by atoms with Gasteiger partial charge in [0, 0.05) is 23.9 Å². The number of H-pyrrole nitrogens is 1. The molecular formula is C27H28N2O3S. The van der Waals surface area contributed by atoms with Gasteiger partial charge in [-0.25, -0.2) is 8.42 Å². The van der Waals surface area contributed by atoms with E-state index in [0.717, 1.165) is 34.1 Å². The van der Waals surface area contributed by atoms with Crippen molar-refractivity contribution in [1.29, 1.82) is 0 Å². The fraction of sp³-hybridized carbons (Fsp3) is 0.222. The van der Waals surface area contributed by atoms with Gasteiger partial charge in [0.1, 0.15) is 0 Å². The number of carbonyl (C=O) groups excluding carboxylic acids is 1.